The quantitative estimate of drug-likeness (QED) is 0.718. The predicted octanol–water partition coefficient (Wildman–Crippen LogP) is 0.815. The van der Waals surface area contributed by atoms with Crippen LogP contribution in [-0.2, 0) is 9.53 Å². The van der Waals surface area contributed by atoms with Crippen LogP contribution in [0.1, 0.15) is 25.5 Å². The molecule has 16 heavy (non-hydrogen) atoms. The summed E-state index contributed by atoms with van der Waals surface area (Å²) in [5, 5.41) is 3.57. The lowest BCUT2D eigenvalue weighted by Crippen LogP contribution is -2.33. The molecule has 0 aliphatic rings. The minimum absolute atomic E-state index is 0.0638. The van der Waals surface area contributed by atoms with Gasteiger partial charge in [-0.25, -0.2) is 13.9 Å². The number of halogens is 1. The van der Waals surface area contributed by atoms with Crippen LogP contribution in [0.2, 0.25) is 0 Å². The predicted molar refractivity (Wildman–Crippen MR) is 54.5 cm³/mol. The first-order chi connectivity index (χ1) is 7.49. The average molecular weight is 228 g/mol. The van der Waals surface area contributed by atoms with Gasteiger partial charge in [0.25, 0.3) is 5.56 Å². The van der Waals surface area contributed by atoms with Gasteiger partial charge in [0.2, 0.25) is 0 Å². The van der Waals surface area contributed by atoms with Gasteiger partial charge in [-0.2, -0.15) is 5.10 Å². The maximum absolute atomic E-state index is 13.0. The number of carbonyl (C=O) groups excluding carboxylic acids is 1. The van der Waals surface area contributed by atoms with E-state index in [0.717, 1.165) is 10.9 Å². The number of hydrogen-bond donors (Lipinski definition) is 0. The van der Waals surface area contributed by atoms with E-state index in [0.29, 0.717) is 0 Å². The molecule has 0 amide bonds. The largest absolute Gasteiger partial charge is 0.464 e. The molecule has 1 rings (SSSR count). The second-order valence-corrected chi connectivity index (χ2v) is 3.30. The summed E-state index contributed by atoms with van der Waals surface area (Å²) in [6.07, 6.45) is 0.909. The zero-order valence-electron chi connectivity index (χ0n) is 9.36. The molecule has 0 aliphatic carbocycles. The molecule has 0 saturated heterocycles. The van der Waals surface area contributed by atoms with Gasteiger partial charge in [0, 0.05) is 0 Å². The van der Waals surface area contributed by atoms with E-state index in [9.17, 15) is 14.0 Å². The Balaban J connectivity index is 3.10. The van der Waals surface area contributed by atoms with Crippen LogP contribution in [0, 0.1) is 12.7 Å². The molecule has 0 saturated carbocycles. The highest BCUT2D eigenvalue weighted by molar-refractivity contribution is 5.73. The number of ether oxygens (including phenoxy) is 1. The van der Waals surface area contributed by atoms with Gasteiger partial charge in [0.05, 0.1) is 18.4 Å². The Morgan fingerprint density at radius 3 is 2.88 bits per heavy atom. The summed E-state index contributed by atoms with van der Waals surface area (Å²) in [4.78, 5) is 23.0. The van der Waals surface area contributed by atoms with Crippen LogP contribution < -0.4 is 5.56 Å². The van der Waals surface area contributed by atoms with Crippen LogP contribution in [0.4, 0.5) is 4.39 Å². The smallest absolute Gasteiger partial charge is 0.330 e. The highest BCUT2D eigenvalue weighted by Gasteiger charge is 2.20. The third-order valence-electron chi connectivity index (χ3n) is 2.18. The summed E-state index contributed by atoms with van der Waals surface area (Å²) in [6, 6.07) is -0.855. The SMILES string of the molecule is CCOC(=O)[C@@H](C)n1ncc(F)c(C)c1=O. The van der Waals surface area contributed by atoms with Crippen molar-refractivity contribution in [2.45, 2.75) is 26.8 Å². The molecule has 0 radical (unpaired) electrons. The zero-order valence-corrected chi connectivity index (χ0v) is 9.36. The molecule has 1 atom stereocenters. The lowest BCUT2D eigenvalue weighted by Gasteiger charge is -2.12. The van der Waals surface area contributed by atoms with Gasteiger partial charge < -0.3 is 4.74 Å². The molecule has 0 spiro atoms. The number of nitrogens with zero attached hydrogens (tertiary/aromatic N) is 2. The van der Waals surface area contributed by atoms with Crippen molar-refractivity contribution in [2.24, 2.45) is 0 Å². The van der Waals surface area contributed by atoms with Crippen LogP contribution in [0.15, 0.2) is 11.0 Å². The zero-order chi connectivity index (χ0) is 12.3. The molecule has 1 aromatic rings. The van der Waals surface area contributed by atoms with Gasteiger partial charge in [0.15, 0.2) is 11.9 Å². The molecular formula is C10H13FN2O3. The van der Waals surface area contributed by atoms with E-state index in [1.165, 1.54) is 13.8 Å². The topological polar surface area (TPSA) is 61.2 Å². The van der Waals surface area contributed by atoms with Crippen molar-refractivity contribution >= 4 is 5.97 Å². The maximum Gasteiger partial charge on any atom is 0.330 e. The second kappa shape index (κ2) is 4.87. The number of aromatic nitrogens is 2. The summed E-state index contributed by atoms with van der Waals surface area (Å²) in [5.41, 5.74) is -0.688. The Morgan fingerprint density at radius 2 is 2.31 bits per heavy atom. The molecule has 1 heterocycles. The fourth-order valence-corrected chi connectivity index (χ4v) is 1.17. The number of carbonyl (C=O) groups is 1. The first kappa shape index (κ1) is 12.4. The van der Waals surface area contributed by atoms with Crippen molar-refractivity contribution < 1.29 is 13.9 Å². The Kier molecular flexibility index (Phi) is 3.76. The van der Waals surface area contributed by atoms with Crippen molar-refractivity contribution in [1.82, 2.24) is 9.78 Å². The minimum atomic E-state index is -0.855. The molecule has 1 aromatic heterocycles. The summed E-state index contributed by atoms with van der Waals surface area (Å²) >= 11 is 0. The second-order valence-electron chi connectivity index (χ2n) is 3.30. The Labute approximate surface area is 91.8 Å². The van der Waals surface area contributed by atoms with E-state index in [1.807, 2.05) is 0 Å². The highest BCUT2D eigenvalue weighted by Crippen LogP contribution is 2.05. The molecule has 5 nitrogen and oxygen atoms in total. The monoisotopic (exact) mass is 228 g/mol. The van der Waals surface area contributed by atoms with Crippen LogP contribution in [-0.4, -0.2) is 22.4 Å². The Bertz CT molecular complexity index is 456. The van der Waals surface area contributed by atoms with Crippen molar-refractivity contribution in [1.29, 1.82) is 0 Å². The molecule has 6 heteroatoms. The van der Waals surface area contributed by atoms with Gasteiger partial charge in [-0.1, -0.05) is 0 Å². The lowest BCUT2D eigenvalue weighted by molar-refractivity contribution is -0.147. The number of rotatable bonds is 3. The summed E-state index contributed by atoms with van der Waals surface area (Å²) < 4.78 is 18.6. The Hall–Kier alpha value is -1.72. The average Bonchev–Trinajstić information content (AvgIpc) is 2.26. The molecule has 0 aliphatic heterocycles. The first-order valence-electron chi connectivity index (χ1n) is 4.89. The minimum Gasteiger partial charge on any atom is -0.464 e. The molecule has 0 fully saturated rings. The van der Waals surface area contributed by atoms with E-state index < -0.39 is 23.4 Å². The summed E-state index contributed by atoms with van der Waals surface area (Å²) in [6.45, 7) is 4.70. The van der Waals surface area contributed by atoms with Crippen LogP contribution in [0.25, 0.3) is 0 Å². The van der Waals surface area contributed by atoms with E-state index in [4.69, 9.17) is 4.74 Å². The highest BCUT2D eigenvalue weighted by atomic mass is 19.1. The number of esters is 1. The molecule has 0 bridgehead atoms. The summed E-state index contributed by atoms with van der Waals surface area (Å²) in [5.74, 6) is -1.25. The van der Waals surface area contributed by atoms with E-state index >= 15 is 0 Å². The maximum atomic E-state index is 13.0. The van der Waals surface area contributed by atoms with Gasteiger partial charge in [-0.15, -0.1) is 0 Å². The lowest BCUT2D eigenvalue weighted by atomic mass is 10.3. The van der Waals surface area contributed by atoms with Crippen LogP contribution >= 0.6 is 0 Å². The van der Waals surface area contributed by atoms with Gasteiger partial charge in [-0.05, 0) is 20.8 Å². The van der Waals surface area contributed by atoms with Crippen LogP contribution in [0.3, 0.4) is 0 Å². The van der Waals surface area contributed by atoms with Crippen molar-refractivity contribution in [3.63, 3.8) is 0 Å². The fourth-order valence-electron chi connectivity index (χ4n) is 1.17. The van der Waals surface area contributed by atoms with Crippen molar-refractivity contribution in [2.75, 3.05) is 6.61 Å². The fraction of sp³-hybridized carbons (Fsp3) is 0.500. The van der Waals surface area contributed by atoms with Gasteiger partial charge >= 0.3 is 5.97 Å². The van der Waals surface area contributed by atoms with Gasteiger partial charge in [0.1, 0.15) is 0 Å². The van der Waals surface area contributed by atoms with Crippen molar-refractivity contribution in [3.8, 4) is 0 Å². The molecule has 0 aromatic carbocycles. The molecular weight excluding hydrogens is 215 g/mol. The first-order valence-corrected chi connectivity index (χ1v) is 4.89. The third kappa shape index (κ3) is 2.26. The normalized spacial score (nSPS) is 12.2. The standard InChI is InChI=1S/C10H13FN2O3/c1-4-16-10(15)7(3)13-9(14)6(2)8(11)5-12-13/h5,7H,4H2,1-3H3/t7-/m1/s1. The summed E-state index contributed by atoms with van der Waals surface area (Å²) in [7, 11) is 0. The van der Waals surface area contributed by atoms with E-state index in [-0.39, 0.29) is 12.2 Å². The third-order valence-corrected chi connectivity index (χ3v) is 2.18. The van der Waals surface area contributed by atoms with E-state index in [2.05, 4.69) is 5.10 Å². The Morgan fingerprint density at radius 1 is 1.69 bits per heavy atom. The molecule has 0 unspecified atom stereocenters. The van der Waals surface area contributed by atoms with Crippen molar-refractivity contribution in [3.05, 3.63) is 27.9 Å². The molecule has 88 valence electrons. The molecule has 0 N–H and O–H groups in total. The van der Waals surface area contributed by atoms with E-state index in [1.54, 1.807) is 6.92 Å². The van der Waals surface area contributed by atoms with Gasteiger partial charge in [-0.3, -0.25) is 4.79 Å². The van der Waals surface area contributed by atoms with Crippen LogP contribution in [0.5, 0.6) is 0 Å². The number of hydrogen-bond acceptors (Lipinski definition) is 4.